The fraction of sp³-hybridized carbons (Fsp3) is 0.857. The van der Waals surface area contributed by atoms with Gasteiger partial charge in [0, 0.05) is 33.8 Å². The van der Waals surface area contributed by atoms with E-state index in [4.69, 9.17) is 20.9 Å². The number of ether oxygens (including phenoxy) is 2. The molecule has 4 N–H and O–H groups in total. The standard InChI is InChI=1S/C14H26N4O8/c1-13(2,15)7-25-11(19)9(17(21)22)5-6-10(18(23)24)12(20)26-8-14(3,4)16/h9-10H,5-8,15-16H2,1-4H3. The van der Waals surface area contributed by atoms with Crippen molar-refractivity contribution in [2.75, 3.05) is 13.2 Å². The van der Waals surface area contributed by atoms with E-state index in [2.05, 4.69) is 0 Å². The van der Waals surface area contributed by atoms with E-state index < -0.39 is 57.8 Å². The Morgan fingerprint density at radius 1 is 0.846 bits per heavy atom. The number of nitrogens with zero attached hydrogens (tertiary/aromatic N) is 2. The average molecular weight is 378 g/mol. The lowest BCUT2D eigenvalue weighted by Crippen LogP contribution is -2.43. The van der Waals surface area contributed by atoms with E-state index in [0.29, 0.717) is 0 Å². The molecule has 0 fully saturated rings. The number of rotatable bonds is 11. The summed E-state index contributed by atoms with van der Waals surface area (Å²) in [5.74, 6) is -2.35. The summed E-state index contributed by atoms with van der Waals surface area (Å²) < 4.78 is 9.53. The molecule has 0 rings (SSSR count). The van der Waals surface area contributed by atoms with Crippen LogP contribution in [-0.4, -0.2) is 58.2 Å². The predicted molar refractivity (Wildman–Crippen MR) is 89.2 cm³/mol. The molecule has 0 aliphatic rings. The van der Waals surface area contributed by atoms with Crippen LogP contribution in [0.2, 0.25) is 0 Å². The molecule has 0 aliphatic carbocycles. The number of esters is 2. The van der Waals surface area contributed by atoms with Crippen molar-refractivity contribution in [3.8, 4) is 0 Å². The number of carbonyl (C=O) groups excluding carboxylic acids is 2. The van der Waals surface area contributed by atoms with Crippen molar-refractivity contribution in [1.82, 2.24) is 0 Å². The second-order valence-corrected chi connectivity index (χ2v) is 7.37. The first-order chi connectivity index (χ1) is 11.6. The van der Waals surface area contributed by atoms with Crippen LogP contribution >= 0.6 is 0 Å². The molecule has 12 heteroatoms. The predicted octanol–water partition coefficient (Wildman–Crippen LogP) is -0.382. The monoisotopic (exact) mass is 378 g/mol. The molecule has 2 atom stereocenters. The normalized spacial score (nSPS) is 14.2. The van der Waals surface area contributed by atoms with Gasteiger partial charge in [-0.15, -0.1) is 0 Å². The number of nitro groups is 2. The minimum absolute atomic E-state index is 0.261. The molecule has 0 aromatic rings. The molecule has 0 radical (unpaired) electrons. The average Bonchev–Trinajstić information content (AvgIpc) is 2.44. The summed E-state index contributed by atoms with van der Waals surface area (Å²) in [7, 11) is 0. The van der Waals surface area contributed by atoms with E-state index in [0.717, 1.165) is 0 Å². The molecule has 2 unspecified atom stereocenters. The fourth-order valence-electron chi connectivity index (χ4n) is 1.64. The minimum Gasteiger partial charge on any atom is -0.459 e. The highest BCUT2D eigenvalue weighted by atomic mass is 16.6. The highest BCUT2D eigenvalue weighted by Crippen LogP contribution is 2.12. The number of hydrogen-bond acceptors (Lipinski definition) is 10. The molecule has 12 nitrogen and oxygen atoms in total. The van der Waals surface area contributed by atoms with Crippen LogP contribution in [0.5, 0.6) is 0 Å². The topological polar surface area (TPSA) is 191 Å². The van der Waals surface area contributed by atoms with Gasteiger partial charge in [-0.1, -0.05) is 0 Å². The highest BCUT2D eigenvalue weighted by molar-refractivity contribution is 5.76. The SMILES string of the molecule is CC(C)(N)COC(=O)C(CCC(C(=O)OCC(C)(C)N)[N+](=O)[O-])[N+](=O)[O-]. The molecule has 0 heterocycles. The Bertz CT molecular complexity index is 490. The van der Waals surface area contributed by atoms with Gasteiger partial charge in [0.25, 0.3) is 0 Å². The highest BCUT2D eigenvalue weighted by Gasteiger charge is 2.39. The molecule has 0 saturated heterocycles. The Hall–Kier alpha value is -2.34. The zero-order valence-electron chi connectivity index (χ0n) is 15.3. The van der Waals surface area contributed by atoms with Crippen molar-refractivity contribution < 1.29 is 28.9 Å². The number of carbonyl (C=O) groups is 2. The molecule has 0 aliphatic heterocycles. The third kappa shape index (κ3) is 9.84. The van der Waals surface area contributed by atoms with Crippen LogP contribution in [0.15, 0.2) is 0 Å². The van der Waals surface area contributed by atoms with Gasteiger partial charge in [-0.2, -0.15) is 0 Å². The van der Waals surface area contributed by atoms with Gasteiger partial charge in [0.2, 0.25) is 0 Å². The van der Waals surface area contributed by atoms with Crippen LogP contribution in [0.1, 0.15) is 40.5 Å². The van der Waals surface area contributed by atoms with Gasteiger partial charge < -0.3 is 20.9 Å². The van der Waals surface area contributed by atoms with Crippen LogP contribution in [-0.2, 0) is 19.1 Å². The summed E-state index contributed by atoms with van der Waals surface area (Å²) in [5, 5.41) is 22.1. The van der Waals surface area contributed by atoms with Crippen molar-refractivity contribution in [2.45, 2.75) is 63.7 Å². The Balaban J connectivity index is 4.89. The first kappa shape index (κ1) is 23.7. The lowest BCUT2D eigenvalue weighted by molar-refractivity contribution is -0.525. The summed E-state index contributed by atoms with van der Waals surface area (Å²) in [5.41, 5.74) is 9.46. The molecular formula is C14H26N4O8. The Labute approximate surface area is 150 Å². The Morgan fingerprint density at radius 2 is 1.12 bits per heavy atom. The van der Waals surface area contributed by atoms with E-state index in [1.165, 1.54) is 0 Å². The third-order valence-corrected chi connectivity index (χ3v) is 2.94. The number of hydrogen-bond donors (Lipinski definition) is 2. The lowest BCUT2D eigenvalue weighted by Gasteiger charge is -2.19. The lowest BCUT2D eigenvalue weighted by atomic mass is 10.1. The van der Waals surface area contributed by atoms with Crippen LogP contribution < -0.4 is 11.5 Å². The van der Waals surface area contributed by atoms with Crippen LogP contribution in [0.4, 0.5) is 0 Å². The number of nitrogens with two attached hydrogens (primary N) is 2. The van der Waals surface area contributed by atoms with Gasteiger partial charge in [-0.25, -0.2) is 9.59 Å². The zero-order chi connectivity index (χ0) is 20.7. The van der Waals surface area contributed by atoms with Crippen LogP contribution in [0.25, 0.3) is 0 Å². The minimum atomic E-state index is -1.85. The summed E-state index contributed by atoms with van der Waals surface area (Å²) >= 11 is 0. The third-order valence-electron chi connectivity index (χ3n) is 2.94. The molecule has 0 bridgehead atoms. The van der Waals surface area contributed by atoms with Crippen molar-refractivity contribution in [1.29, 1.82) is 0 Å². The van der Waals surface area contributed by atoms with Crippen molar-refractivity contribution in [2.24, 2.45) is 11.5 Å². The van der Waals surface area contributed by atoms with Gasteiger partial charge in [0.05, 0.1) is 0 Å². The first-order valence-electron chi connectivity index (χ1n) is 7.82. The molecule has 0 saturated carbocycles. The molecule has 150 valence electrons. The maximum absolute atomic E-state index is 11.8. The Kier molecular flexibility index (Phi) is 8.54. The van der Waals surface area contributed by atoms with Gasteiger partial charge in [-0.05, 0) is 27.7 Å². The van der Waals surface area contributed by atoms with E-state index in [1.807, 2.05) is 0 Å². The van der Waals surface area contributed by atoms with Gasteiger partial charge in [0.15, 0.2) is 0 Å². The van der Waals surface area contributed by atoms with Crippen molar-refractivity contribution in [3.63, 3.8) is 0 Å². The first-order valence-corrected chi connectivity index (χ1v) is 7.82. The van der Waals surface area contributed by atoms with Crippen LogP contribution in [0, 0.1) is 20.2 Å². The maximum atomic E-state index is 11.8. The van der Waals surface area contributed by atoms with E-state index in [1.54, 1.807) is 27.7 Å². The quantitative estimate of drug-likeness (QED) is 0.272. The maximum Gasteiger partial charge on any atom is 0.381 e. The largest absolute Gasteiger partial charge is 0.459 e. The second-order valence-electron chi connectivity index (χ2n) is 7.37. The molecule has 26 heavy (non-hydrogen) atoms. The van der Waals surface area contributed by atoms with Crippen molar-refractivity contribution in [3.05, 3.63) is 20.2 Å². The molecule has 0 aromatic heterocycles. The van der Waals surface area contributed by atoms with Gasteiger partial charge >= 0.3 is 24.0 Å². The fourth-order valence-corrected chi connectivity index (χ4v) is 1.64. The van der Waals surface area contributed by atoms with Crippen molar-refractivity contribution >= 4 is 11.9 Å². The molecule has 0 aromatic carbocycles. The molecular weight excluding hydrogens is 352 g/mol. The van der Waals surface area contributed by atoms with E-state index in [-0.39, 0.29) is 13.2 Å². The zero-order valence-corrected chi connectivity index (χ0v) is 15.3. The smallest absolute Gasteiger partial charge is 0.381 e. The summed E-state index contributed by atoms with van der Waals surface area (Å²) in [6.07, 6.45) is -1.13. The van der Waals surface area contributed by atoms with E-state index >= 15 is 0 Å². The van der Waals surface area contributed by atoms with Crippen LogP contribution in [0.3, 0.4) is 0 Å². The summed E-state index contributed by atoms with van der Waals surface area (Å²) in [4.78, 5) is 43.9. The van der Waals surface area contributed by atoms with E-state index in [9.17, 15) is 29.8 Å². The summed E-state index contributed by atoms with van der Waals surface area (Å²) in [6, 6.07) is -3.70. The second kappa shape index (κ2) is 9.38. The summed E-state index contributed by atoms with van der Waals surface area (Å²) in [6.45, 7) is 5.70. The Morgan fingerprint density at radius 3 is 1.31 bits per heavy atom. The van der Waals surface area contributed by atoms with Gasteiger partial charge in [0.1, 0.15) is 13.2 Å². The molecule has 0 amide bonds. The molecule has 0 spiro atoms. The van der Waals surface area contributed by atoms with Gasteiger partial charge in [-0.3, -0.25) is 20.2 Å².